The van der Waals surface area contributed by atoms with Crippen molar-refractivity contribution in [1.82, 2.24) is 4.90 Å². The summed E-state index contributed by atoms with van der Waals surface area (Å²) in [7, 11) is 0. The quantitative estimate of drug-likeness (QED) is 0.477. The molecule has 0 unspecified atom stereocenters. The van der Waals surface area contributed by atoms with Gasteiger partial charge in [0.1, 0.15) is 0 Å². The maximum Gasteiger partial charge on any atom is 0.00954 e. The van der Waals surface area contributed by atoms with Gasteiger partial charge in [0.25, 0.3) is 0 Å². The van der Waals surface area contributed by atoms with Crippen molar-refractivity contribution in [3.05, 3.63) is 0 Å². The summed E-state index contributed by atoms with van der Waals surface area (Å²) >= 11 is 4.80. The second kappa shape index (κ2) is 8.82. The minimum absolute atomic E-state index is 0.513. The van der Waals surface area contributed by atoms with E-state index in [0.29, 0.717) is 5.41 Å². The average Bonchev–Trinajstić information content (AvgIpc) is 2.90. The van der Waals surface area contributed by atoms with Crippen LogP contribution in [0.2, 0.25) is 0 Å². The third kappa shape index (κ3) is 5.46. The molecule has 2 fully saturated rings. The van der Waals surface area contributed by atoms with Crippen LogP contribution in [0.3, 0.4) is 0 Å². The first-order valence-corrected chi connectivity index (χ1v) is 10.1. The molecule has 1 nitrogen and oxygen atoms in total. The van der Waals surface area contributed by atoms with Gasteiger partial charge in [-0.2, -0.15) is 12.6 Å². The second-order valence-electron chi connectivity index (χ2n) is 8.16. The minimum atomic E-state index is 0.513. The van der Waals surface area contributed by atoms with Crippen LogP contribution in [0.4, 0.5) is 0 Å². The van der Waals surface area contributed by atoms with Gasteiger partial charge in [0.15, 0.2) is 0 Å². The molecule has 2 saturated carbocycles. The van der Waals surface area contributed by atoms with Gasteiger partial charge < -0.3 is 0 Å². The molecule has 0 aliphatic heterocycles. The lowest BCUT2D eigenvalue weighted by Gasteiger charge is -2.40. The zero-order valence-corrected chi connectivity index (χ0v) is 15.3. The van der Waals surface area contributed by atoms with E-state index < -0.39 is 0 Å². The molecule has 0 aromatic heterocycles. The summed E-state index contributed by atoms with van der Waals surface area (Å²) in [6.07, 6.45) is 15.8. The van der Waals surface area contributed by atoms with Crippen LogP contribution in [0, 0.1) is 11.3 Å². The van der Waals surface area contributed by atoms with Crippen molar-refractivity contribution in [3.8, 4) is 0 Å². The topological polar surface area (TPSA) is 3.24 Å². The van der Waals surface area contributed by atoms with Gasteiger partial charge in [-0.05, 0) is 55.7 Å². The summed E-state index contributed by atoms with van der Waals surface area (Å²) < 4.78 is 0. The van der Waals surface area contributed by atoms with Crippen molar-refractivity contribution in [2.75, 3.05) is 18.8 Å². The lowest BCUT2D eigenvalue weighted by atomic mass is 9.81. The van der Waals surface area contributed by atoms with Gasteiger partial charge in [-0.25, -0.2) is 0 Å². The van der Waals surface area contributed by atoms with Crippen LogP contribution >= 0.6 is 12.6 Å². The maximum atomic E-state index is 4.80. The fraction of sp³-hybridized carbons (Fsp3) is 1.00. The Morgan fingerprint density at radius 3 is 2.14 bits per heavy atom. The fourth-order valence-electron chi connectivity index (χ4n) is 4.36. The molecule has 0 heterocycles. The smallest absolute Gasteiger partial charge is 0.00954 e. The van der Waals surface area contributed by atoms with Crippen molar-refractivity contribution < 1.29 is 0 Å². The van der Waals surface area contributed by atoms with E-state index >= 15 is 0 Å². The number of hydrogen-bond acceptors (Lipinski definition) is 2. The molecular formula is C19H37NS. The normalized spacial score (nSPS) is 23.9. The molecule has 2 aliphatic carbocycles. The summed E-state index contributed by atoms with van der Waals surface area (Å²) in [5.74, 6) is 1.92. The molecule has 2 rings (SSSR count). The highest BCUT2D eigenvalue weighted by molar-refractivity contribution is 7.80. The highest BCUT2D eigenvalue weighted by Gasteiger charge is 2.34. The molecule has 0 N–H and O–H groups in total. The highest BCUT2D eigenvalue weighted by Crippen LogP contribution is 2.38. The van der Waals surface area contributed by atoms with E-state index in [9.17, 15) is 0 Å². The van der Waals surface area contributed by atoms with Gasteiger partial charge in [-0.1, -0.05) is 52.4 Å². The molecular weight excluding hydrogens is 274 g/mol. The third-order valence-corrected chi connectivity index (χ3v) is 6.54. The minimum Gasteiger partial charge on any atom is -0.300 e. The molecule has 0 amide bonds. The van der Waals surface area contributed by atoms with Crippen molar-refractivity contribution >= 4 is 12.6 Å². The zero-order chi connectivity index (χ0) is 15.1. The molecule has 0 radical (unpaired) electrons. The molecule has 124 valence electrons. The molecule has 2 aliphatic rings. The highest BCUT2D eigenvalue weighted by atomic mass is 32.1. The molecule has 0 aromatic rings. The Labute approximate surface area is 138 Å². The number of hydrogen-bond donors (Lipinski definition) is 1. The summed E-state index contributed by atoms with van der Waals surface area (Å²) in [6, 6.07) is 0.878. The summed E-state index contributed by atoms with van der Waals surface area (Å²) in [5, 5.41) is 0. The van der Waals surface area contributed by atoms with E-state index in [0.717, 1.165) is 17.7 Å². The van der Waals surface area contributed by atoms with Gasteiger partial charge >= 0.3 is 0 Å². The third-order valence-electron chi connectivity index (χ3n) is 5.87. The van der Waals surface area contributed by atoms with E-state index in [-0.39, 0.29) is 0 Å². The Bertz CT molecular complexity index is 275. The van der Waals surface area contributed by atoms with E-state index in [4.69, 9.17) is 12.6 Å². The van der Waals surface area contributed by atoms with Crippen LogP contribution in [0.25, 0.3) is 0 Å². The van der Waals surface area contributed by atoms with Crippen LogP contribution in [0.15, 0.2) is 0 Å². The molecule has 2 heteroatoms. The van der Waals surface area contributed by atoms with Crippen LogP contribution in [-0.4, -0.2) is 29.8 Å². The first kappa shape index (κ1) is 17.7. The van der Waals surface area contributed by atoms with Gasteiger partial charge in [0.2, 0.25) is 0 Å². The lowest BCUT2D eigenvalue weighted by Crippen LogP contribution is -2.44. The van der Waals surface area contributed by atoms with E-state index in [1.807, 2.05) is 0 Å². The van der Waals surface area contributed by atoms with E-state index in [1.165, 1.54) is 83.7 Å². The molecule has 0 spiro atoms. The summed E-state index contributed by atoms with van der Waals surface area (Å²) in [5.41, 5.74) is 0.513. The standard InChI is InChI=1S/C19H37NS/c1-17(2)11-14-20(18-9-5-6-10-18)15-19(16-21)12-7-3-4-8-13-19/h17-18,21H,3-16H2,1-2H3. The van der Waals surface area contributed by atoms with E-state index in [2.05, 4.69) is 18.7 Å². The van der Waals surface area contributed by atoms with Crippen LogP contribution in [0.5, 0.6) is 0 Å². The van der Waals surface area contributed by atoms with Crippen molar-refractivity contribution in [1.29, 1.82) is 0 Å². The van der Waals surface area contributed by atoms with Crippen molar-refractivity contribution in [2.45, 2.75) is 90.5 Å². The maximum absolute atomic E-state index is 4.80. The Balaban J connectivity index is 1.99. The number of nitrogens with zero attached hydrogens (tertiary/aromatic N) is 1. The largest absolute Gasteiger partial charge is 0.300 e. The molecule has 0 aromatic carbocycles. The monoisotopic (exact) mass is 311 g/mol. The molecule has 0 saturated heterocycles. The lowest BCUT2D eigenvalue weighted by molar-refractivity contribution is 0.106. The average molecular weight is 312 g/mol. The van der Waals surface area contributed by atoms with Crippen LogP contribution in [-0.2, 0) is 0 Å². The Morgan fingerprint density at radius 1 is 1.00 bits per heavy atom. The van der Waals surface area contributed by atoms with Crippen molar-refractivity contribution in [3.63, 3.8) is 0 Å². The molecule has 0 atom stereocenters. The van der Waals surface area contributed by atoms with Gasteiger partial charge in [-0.3, -0.25) is 4.90 Å². The van der Waals surface area contributed by atoms with Gasteiger partial charge in [0, 0.05) is 12.6 Å². The van der Waals surface area contributed by atoms with E-state index in [1.54, 1.807) is 0 Å². The summed E-state index contributed by atoms with van der Waals surface area (Å²) in [6.45, 7) is 7.38. The first-order chi connectivity index (χ1) is 10.2. The molecule has 0 bridgehead atoms. The predicted molar refractivity (Wildman–Crippen MR) is 97.3 cm³/mol. The fourth-order valence-corrected chi connectivity index (χ4v) is 4.78. The van der Waals surface area contributed by atoms with Gasteiger partial charge in [0.05, 0.1) is 0 Å². The second-order valence-corrected chi connectivity index (χ2v) is 8.48. The van der Waals surface area contributed by atoms with Crippen LogP contribution < -0.4 is 0 Å². The SMILES string of the molecule is CC(C)CCN(CC1(CS)CCCCCC1)C1CCCC1. The number of rotatable bonds is 7. The van der Waals surface area contributed by atoms with Crippen LogP contribution in [0.1, 0.15) is 84.5 Å². The molecule has 21 heavy (non-hydrogen) atoms. The Morgan fingerprint density at radius 2 is 1.62 bits per heavy atom. The first-order valence-electron chi connectivity index (χ1n) is 9.50. The number of thiol groups is 1. The summed E-state index contributed by atoms with van der Waals surface area (Å²) in [4.78, 5) is 2.88. The Kier molecular flexibility index (Phi) is 7.41. The van der Waals surface area contributed by atoms with Crippen molar-refractivity contribution in [2.24, 2.45) is 11.3 Å². The Hall–Kier alpha value is 0.310. The zero-order valence-electron chi connectivity index (χ0n) is 14.4. The predicted octanol–water partition coefficient (Wildman–Crippen LogP) is 5.55. The van der Waals surface area contributed by atoms with Gasteiger partial charge in [-0.15, -0.1) is 0 Å².